The highest BCUT2D eigenvalue weighted by Gasteiger charge is 2.19. The van der Waals surface area contributed by atoms with Gasteiger partial charge >= 0.3 is 13.6 Å². The van der Waals surface area contributed by atoms with Crippen LogP contribution < -0.4 is 5.73 Å². The second-order valence-electron chi connectivity index (χ2n) is 4.97. The quantitative estimate of drug-likeness (QED) is 0.514. The molecule has 0 saturated heterocycles. The Hall–Kier alpha value is -1.20. The van der Waals surface area contributed by atoms with Crippen molar-refractivity contribution in [1.82, 2.24) is 0 Å². The van der Waals surface area contributed by atoms with Crippen molar-refractivity contribution in [3.8, 4) is 0 Å². The molecule has 0 spiro atoms. The molecule has 0 fully saturated rings. The number of carbonyl (C=O) groups excluding carboxylic acids is 1. The van der Waals surface area contributed by atoms with Gasteiger partial charge in [-0.15, -0.1) is 0 Å². The largest absolute Gasteiger partial charge is 0.465 e. The minimum Gasteiger partial charge on any atom is -0.465 e. The summed E-state index contributed by atoms with van der Waals surface area (Å²) in [7, 11) is -4.05. The molecule has 0 unspecified atom stereocenters. The second-order valence-corrected chi connectivity index (χ2v) is 6.75. The summed E-state index contributed by atoms with van der Waals surface area (Å²) in [6.07, 6.45) is 0.310. The molecule has 1 aromatic carbocycles. The minimum atomic E-state index is -4.05. The van der Waals surface area contributed by atoms with E-state index < -0.39 is 19.6 Å². The van der Waals surface area contributed by atoms with Gasteiger partial charge in [0.15, 0.2) is 0 Å². The van der Waals surface area contributed by atoms with Crippen LogP contribution in [0.15, 0.2) is 18.2 Å². The first-order chi connectivity index (χ1) is 9.73. The molecule has 7 heteroatoms. The molecule has 1 rings (SSSR count). The third-order valence-electron chi connectivity index (χ3n) is 3.06. The van der Waals surface area contributed by atoms with Crippen molar-refractivity contribution in [3.05, 3.63) is 34.9 Å². The number of ether oxygens (including phenoxy) is 1. The maximum Gasteiger partial charge on any atom is 0.325 e. The van der Waals surface area contributed by atoms with Crippen LogP contribution >= 0.6 is 7.60 Å². The van der Waals surface area contributed by atoms with E-state index in [-0.39, 0.29) is 25.6 Å². The van der Waals surface area contributed by atoms with Crippen LogP contribution in [0.5, 0.6) is 0 Å². The lowest BCUT2D eigenvalue weighted by Crippen LogP contribution is -2.34. The molecule has 0 radical (unpaired) electrons. The first kappa shape index (κ1) is 17.9. The average Bonchev–Trinajstić information content (AvgIpc) is 2.37. The number of carbonyl (C=O) groups is 1. The van der Waals surface area contributed by atoms with Crippen molar-refractivity contribution in [2.24, 2.45) is 5.73 Å². The monoisotopic (exact) mass is 315 g/mol. The molecule has 0 aliphatic heterocycles. The summed E-state index contributed by atoms with van der Waals surface area (Å²) in [4.78, 5) is 29.5. The van der Waals surface area contributed by atoms with Crippen molar-refractivity contribution >= 4 is 13.6 Å². The number of benzene rings is 1. The highest BCUT2D eigenvalue weighted by Crippen LogP contribution is 2.35. The number of rotatable bonds is 7. The van der Waals surface area contributed by atoms with E-state index in [1.165, 1.54) is 0 Å². The standard InChI is InChI=1S/C14H22NO5P/c1-3-20-14(16)13(15)9-12-8-10(2)4-5-11(12)6-7-21(17,18)19/h4-5,8,13H,3,6-7,9,15H2,1-2H3,(H2,17,18,19)/t13-/m0/s1. The molecule has 0 saturated carbocycles. The van der Waals surface area contributed by atoms with Gasteiger partial charge in [0.25, 0.3) is 0 Å². The highest BCUT2D eigenvalue weighted by molar-refractivity contribution is 7.51. The summed E-state index contributed by atoms with van der Waals surface area (Å²) >= 11 is 0. The van der Waals surface area contributed by atoms with E-state index in [1.54, 1.807) is 6.92 Å². The molecule has 0 aliphatic rings. The third kappa shape index (κ3) is 6.40. The van der Waals surface area contributed by atoms with E-state index in [0.717, 1.165) is 16.7 Å². The summed E-state index contributed by atoms with van der Waals surface area (Å²) < 4.78 is 15.9. The summed E-state index contributed by atoms with van der Waals surface area (Å²) in [5.41, 5.74) is 8.43. The molecular weight excluding hydrogens is 293 g/mol. The Morgan fingerprint density at radius 2 is 2.05 bits per heavy atom. The number of nitrogens with two attached hydrogens (primary N) is 1. The molecule has 0 aromatic heterocycles. The van der Waals surface area contributed by atoms with E-state index >= 15 is 0 Å². The van der Waals surface area contributed by atoms with Gasteiger partial charge in [0.2, 0.25) is 0 Å². The Balaban J connectivity index is 2.86. The molecule has 21 heavy (non-hydrogen) atoms. The zero-order valence-electron chi connectivity index (χ0n) is 12.3. The molecule has 1 atom stereocenters. The van der Waals surface area contributed by atoms with E-state index in [0.29, 0.717) is 0 Å². The summed E-state index contributed by atoms with van der Waals surface area (Å²) in [5, 5.41) is 0. The zero-order valence-corrected chi connectivity index (χ0v) is 13.2. The number of aryl methyl sites for hydroxylation is 2. The fourth-order valence-electron chi connectivity index (χ4n) is 2.02. The van der Waals surface area contributed by atoms with Crippen LogP contribution in [-0.2, 0) is 26.9 Å². The van der Waals surface area contributed by atoms with E-state index in [4.69, 9.17) is 20.3 Å². The SMILES string of the molecule is CCOC(=O)[C@@H](N)Cc1cc(C)ccc1CCP(=O)(O)O. The van der Waals surface area contributed by atoms with Crippen molar-refractivity contribution in [2.45, 2.75) is 32.7 Å². The van der Waals surface area contributed by atoms with Gasteiger partial charge in [-0.25, -0.2) is 0 Å². The lowest BCUT2D eigenvalue weighted by molar-refractivity contribution is -0.144. The minimum absolute atomic E-state index is 0.224. The Kier molecular flexibility index (Phi) is 6.55. The summed E-state index contributed by atoms with van der Waals surface area (Å²) in [6, 6.07) is 4.79. The summed E-state index contributed by atoms with van der Waals surface area (Å²) in [6.45, 7) is 3.89. The Labute approximate surface area is 124 Å². The van der Waals surface area contributed by atoms with E-state index in [1.807, 2.05) is 25.1 Å². The first-order valence-corrected chi connectivity index (χ1v) is 8.58. The van der Waals surface area contributed by atoms with Crippen molar-refractivity contribution < 1.29 is 23.9 Å². The van der Waals surface area contributed by atoms with Crippen LogP contribution in [-0.4, -0.2) is 34.6 Å². The molecule has 0 bridgehead atoms. The van der Waals surface area contributed by atoms with Crippen LogP contribution in [0.4, 0.5) is 0 Å². The lowest BCUT2D eigenvalue weighted by Gasteiger charge is -2.15. The number of esters is 1. The van der Waals surface area contributed by atoms with Crippen LogP contribution in [0.25, 0.3) is 0 Å². The van der Waals surface area contributed by atoms with Crippen LogP contribution in [0.3, 0.4) is 0 Å². The van der Waals surface area contributed by atoms with Gasteiger partial charge in [-0.2, -0.15) is 0 Å². The molecular formula is C14H22NO5P. The molecule has 6 nitrogen and oxygen atoms in total. The molecule has 1 aromatic rings. The van der Waals surface area contributed by atoms with Gasteiger partial charge in [0.1, 0.15) is 6.04 Å². The van der Waals surface area contributed by atoms with Gasteiger partial charge in [-0.05, 0) is 37.8 Å². The maximum absolute atomic E-state index is 11.6. The van der Waals surface area contributed by atoms with Gasteiger partial charge in [-0.1, -0.05) is 23.8 Å². The molecule has 0 aliphatic carbocycles. The fourth-order valence-corrected chi connectivity index (χ4v) is 2.56. The van der Waals surface area contributed by atoms with Gasteiger partial charge in [0, 0.05) is 0 Å². The first-order valence-electron chi connectivity index (χ1n) is 6.78. The van der Waals surface area contributed by atoms with Gasteiger partial charge in [0.05, 0.1) is 12.8 Å². The average molecular weight is 315 g/mol. The molecule has 118 valence electrons. The lowest BCUT2D eigenvalue weighted by atomic mass is 9.97. The Morgan fingerprint density at radius 3 is 2.62 bits per heavy atom. The topological polar surface area (TPSA) is 110 Å². The molecule has 4 N–H and O–H groups in total. The van der Waals surface area contributed by atoms with Crippen LogP contribution in [0, 0.1) is 6.92 Å². The second kappa shape index (κ2) is 7.71. The normalized spacial score (nSPS) is 13.0. The zero-order chi connectivity index (χ0) is 16.0. The van der Waals surface area contributed by atoms with Crippen LogP contribution in [0.1, 0.15) is 23.6 Å². The van der Waals surface area contributed by atoms with Crippen molar-refractivity contribution in [2.75, 3.05) is 12.8 Å². The fraction of sp³-hybridized carbons (Fsp3) is 0.500. The number of hydrogen-bond donors (Lipinski definition) is 3. The predicted octanol–water partition coefficient (Wildman–Crippen LogP) is 1.15. The van der Waals surface area contributed by atoms with E-state index in [9.17, 15) is 9.36 Å². The maximum atomic E-state index is 11.6. The van der Waals surface area contributed by atoms with Gasteiger partial charge < -0.3 is 20.3 Å². The predicted molar refractivity (Wildman–Crippen MR) is 80.1 cm³/mol. The van der Waals surface area contributed by atoms with Crippen molar-refractivity contribution in [1.29, 1.82) is 0 Å². The molecule has 0 heterocycles. The van der Waals surface area contributed by atoms with E-state index in [2.05, 4.69) is 0 Å². The Morgan fingerprint density at radius 1 is 1.38 bits per heavy atom. The third-order valence-corrected chi connectivity index (χ3v) is 3.87. The molecule has 0 amide bonds. The highest BCUT2D eigenvalue weighted by atomic mass is 31.2. The Bertz CT molecular complexity index is 540. The summed E-state index contributed by atoms with van der Waals surface area (Å²) in [5.74, 6) is -0.472. The van der Waals surface area contributed by atoms with Crippen molar-refractivity contribution in [3.63, 3.8) is 0 Å². The number of hydrogen-bond acceptors (Lipinski definition) is 4. The van der Waals surface area contributed by atoms with Crippen LogP contribution in [0.2, 0.25) is 0 Å². The smallest absolute Gasteiger partial charge is 0.325 e. The van der Waals surface area contributed by atoms with Gasteiger partial charge in [-0.3, -0.25) is 9.36 Å².